The van der Waals surface area contributed by atoms with Gasteiger partial charge in [-0.05, 0) is 48.6 Å². The highest BCUT2D eigenvalue weighted by atomic mass is 16.5. The van der Waals surface area contributed by atoms with Crippen LogP contribution in [0.1, 0.15) is 0 Å². The van der Waals surface area contributed by atoms with Gasteiger partial charge in [-0.2, -0.15) is 0 Å². The summed E-state index contributed by atoms with van der Waals surface area (Å²) in [6.45, 7) is 0.467. The Labute approximate surface area is 190 Å². The van der Waals surface area contributed by atoms with Crippen molar-refractivity contribution in [2.24, 2.45) is 10.7 Å². The minimum atomic E-state index is -0.147. The topological polar surface area (TPSA) is 153 Å². The van der Waals surface area contributed by atoms with Crippen molar-refractivity contribution >= 4 is 34.0 Å². The molecule has 3 aromatic rings. The lowest BCUT2D eigenvalue weighted by molar-refractivity contribution is 0.197. The Bertz CT molecular complexity index is 1240. The number of aliphatic hydroxyl groups excluding tert-OH is 2. The monoisotopic (exact) mass is 447 g/mol. The number of ether oxygens (including phenoxy) is 1. The highest BCUT2D eigenvalue weighted by molar-refractivity contribution is 6.24. The van der Waals surface area contributed by atoms with Gasteiger partial charge in [0.25, 0.3) is 5.88 Å². The van der Waals surface area contributed by atoms with Crippen LogP contribution in [0.25, 0.3) is 5.52 Å². The van der Waals surface area contributed by atoms with E-state index in [1.54, 1.807) is 16.8 Å². The van der Waals surface area contributed by atoms with E-state index in [1.807, 2.05) is 42.5 Å². The molecule has 10 heteroatoms. The lowest BCUT2D eigenvalue weighted by atomic mass is 10.0. The molecule has 0 fully saturated rings. The summed E-state index contributed by atoms with van der Waals surface area (Å²) in [4.78, 5) is 4.70. The van der Waals surface area contributed by atoms with Gasteiger partial charge in [0.15, 0.2) is 5.69 Å². The molecule has 0 unspecified atom stereocenters. The average Bonchev–Trinajstić information content (AvgIpc) is 3.17. The third-order valence-corrected chi connectivity index (χ3v) is 4.82. The van der Waals surface area contributed by atoms with E-state index in [0.29, 0.717) is 29.3 Å². The molecule has 170 valence electrons. The maximum atomic E-state index is 9.14. The normalized spacial score (nSPS) is 14.8. The molecule has 7 N–H and O–H groups in total. The van der Waals surface area contributed by atoms with E-state index in [-0.39, 0.29) is 31.4 Å². The van der Waals surface area contributed by atoms with Gasteiger partial charge >= 0.3 is 0 Å². The van der Waals surface area contributed by atoms with Crippen LogP contribution in [0.2, 0.25) is 0 Å². The standard InChI is InChI=1S/C23H25N7O3/c24-17-13-18(25)20(14-19(17)27-16-6-4-15(5-7-16)26-8-10-31)28-22-21-3-1-2-9-30(21)29-23(22)33-12-11-32/h1-7,9,13-14,24,26-27,31-32H,8,10-12,25H2. The number of rotatable bonds is 9. The van der Waals surface area contributed by atoms with E-state index in [0.717, 1.165) is 16.9 Å². The number of nitrogens with two attached hydrogens (primary N) is 1. The summed E-state index contributed by atoms with van der Waals surface area (Å²) in [5.41, 5.74) is 10.6. The molecule has 0 radical (unpaired) electrons. The van der Waals surface area contributed by atoms with Crippen LogP contribution in [0.4, 0.5) is 17.1 Å². The SMILES string of the molecule is N=C1C=C(N)C(=Nc2c(OCCO)nn3ccccc23)C=C1Nc1ccc(NCCO)cc1. The molecule has 1 aromatic carbocycles. The highest BCUT2D eigenvalue weighted by Gasteiger charge is 2.18. The van der Waals surface area contributed by atoms with Crippen molar-refractivity contribution in [3.8, 4) is 5.88 Å². The molecule has 10 nitrogen and oxygen atoms in total. The van der Waals surface area contributed by atoms with E-state index in [4.69, 9.17) is 31.1 Å². The van der Waals surface area contributed by atoms with Gasteiger partial charge in [-0.25, -0.2) is 9.51 Å². The maximum Gasteiger partial charge on any atom is 0.260 e. The molecular weight excluding hydrogens is 422 g/mol. The number of hydrogen-bond donors (Lipinski definition) is 6. The van der Waals surface area contributed by atoms with Crippen molar-refractivity contribution < 1.29 is 14.9 Å². The zero-order valence-electron chi connectivity index (χ0n) is 17.8. The van der Waals surface area contributed by atoms with E-state index < -0.39 is 0 Å². The number of pyridine rings is 1. The van der Waals surface area contributed by atoms with Crippen LogP contribution in [-0.2, 0) is 0 Å². The third-order valence-electron chi connectivity index (χ3n) is 4.82. The number of allylic oxidation sites excluding steroid dienone is 2. The van der Waals surface area contributed by atoms with Crippen LogP contribution in [0.15, 0.2) is 77.2 Å². The van der Waals surface area contributed by atoms with Crippen LogP contribution >= 0.6 is 0 Å². The Morgan fingerprint density at radius 1 is 1.06 bits per heavy atom. The number of fused-ring (bicyclic) bond motifs is 1. The van der Waals surface area contributed by atoms with Crippen molar-refractivity contribution in [2.75, 3.05) is 37.0 Å². The fraction of sp³-hybridized carbons (Fsp3) is 0.174. The summed E-state index contributed by atoms with van der Waals surface area (Å²) >= 11 is 0. The Hall–Kier alpha value is -4.15. The second-order valence-electron chi connectivity index (χ2n) is 7.18. The Morgan fingerprint density at radius 3 is 2.61 bits per heavy atom. The minimum Gasteiger partial charge on any atom is -0.473 e. The number of anilines is 2. The first-order valence-corrected chi connectivity index (χ1v) is 10.4. The molecule has 1 aliphatic carbocycles. The fourth-order valence-corrected chi connectivity index (χ4v) is 3.26. The predicted octanol–water partition coefficient (Wildman–Crippen LogP) is 2.05. The summed E-state index contributed by atoms with van der Waals surface area (Å²) < 4.78 is 7.23. The Balaban J connectivity index is 1.65. The first-order valence-electron chi connectivity index (χ1n) is 10.4. The molecule has 0 amide bonds. The number of hydrogen-bond acceptors (Lipinski definition) is 9. The molecule has 0 bridgehead atoms. The van der Waals surface area contributed by atoms with Gasteiger partial charge in [-0.1, -0.05) is 6.07 Å². The van der Waals surface area contributed by atoms with Gasteiger partial charge < -0.3 is 31.3 Å². The van der Waals surface area contributed by atoms with Gasteiger partial charge in [0.2, 0.25) is 0 Å². The lowest BCUT2D eigenvalue weighted by Gasteiger charge is -2.17. The van der Waals surface area contributed by atoms with Crippen molar-refractivity contribution in [1.82, 2.24) is 9.61 Å². The van der Waals surface area contributed by atoms with Gasteiger partial charge in [0, 0.05) is 24.1 Å². The van der Waals surface area contributed by atoms with Crippen molar-refractivity contribution in [3.05, 3.63) is 72.2 Å². The molecule has 0 aliphatic heterocycles. The van der Waals surface area contributed by atoms with E-state index in [9.17, 15) is 0 Å². The maximum absolute atomic E-state index is 9.14. The number of nitrogens with zero attached hydrogens (tertiary/aromatic N) is 3. The van der Waals surface area contributed by atoms with Crippen LogP contribution in [0.3, 0.4) is 0 Å². The molecule has 2 heterocycles. The Kier molecular flexibility index (Phi) is 6.67. The van der Waals surface area contributed by atoms with Crippen molar-refractivity contribution in [3.63, 3.8) is 0 Å². The number of aromatic nitrogens is 2. The quantitative estimate of drug-likeness (QED) is 0.274. The molecule has 0 saturated heterocycles. The van der Waals surface area contributed by atoms with E-state index in [2.05, 4.69) is 15.7 Å². The summed E-state index contributed by atoms with van der Waals surface area (Å²) in [6.07, 6.45) is 5.03. The van der Waals surface area contributed by atoms with Crippen LogP contribution in [0.5, 0.6) is 5.88 Å². The number of aliphatic hydroxyl groups is 2. The first kappa shape index (κ1) is 22.1. The predicted molar refractivity (Wildman–Crippen MR) is 129 cm³/mol. The second kappa shape index (κ2) is 9.98. The number of aliphatic imine (C=N–C) groups is 1. The molecule has 1 aliphatic rings. The minimum absolute atomic E-state index is 0.0549. The smallest absolute Gasteiger partial charge is 0.260 e. The summed E-state index contributed by atoms with van der Waals surface area (Å²) in [5, 5.41) is 37.1. The van der Waals surface area contributed by atoms with E-state index in [1.165, 1.54) is 6.08 Å². The first-order chi connectivity index (χ1) is 16.1. The average molecular weight is 447 g/mol. The zero-order chi connectivity index (χ0) is 23.2. The van der Waals surface area contributed by atoms with Crippen LogP contribution in [0, 0.1) is 5.41 Å². The fourth-order valence-electron chi connectivity index (χ4n) is 3.26. The molecule has 4 rings (SSSR count). The lowest BCUT2D eigenvalue weighted by Crippen LogP contribution is -2.21. The zero-order valence-corrected chi connectivity index (χ0v) is 17.8. The summed E-state index contributed by atoms with van der Waals surface area (Å²) in [6, 6.07) is 13.1. The number of benzene rings is 1. The van der Waals surface area contributed by atoms with Gasteiger partial charge in [-0.15, -0.1) is 5.10 Å². The highest BCUT2D eigenvalue weighted by Crippen LogP contribution is 2.33. The third kappa shape index (κ3) is 5.03. The Morgan fingerprint density at radius 2 is 1.85 bits per heavy atom. The van der Waals surface area contributed by atoms with Gasteiger partial charge in [0.05, 0.1) is 41.5 Å². The van der Waals surface area contributed by atoms with Gasteiger partial charge in [-0.3, -0.25) is 5.41 Å². The van der Waals surface area contributed by atoms with Crippen molar-refractivity contribution in [1.29, 1.82) is 5.41 Å². The molecule has 33 heavy (non-hydrogen) atoms. The largest absolute Gasteiger partial charge is 0.473 e. The van der Waals surface area contributed by atoms with Crippen LogP contribution in [-0.4, -0.2) is 57.6 Å². The second-order valence-corrected chi connectivity index (χ2v) is 7.18. The van der Waals surface area contributed by atoms with Crippen molar-refractivity contribution in [2.45, 2.75) is 0 Å². The molecular formula is C23H25N7O3. The summed E-state index contributed by atoms with van der Waals surface area (Å²) in [5.74, 6) is 0.282. The summed E-state index contributed by atoms with van der Waals surface area (Å²) in [7, 11) is 0. The van der Waals surface area contributed by atoms with Gasteiger partial charge in [0.1, 0.15) is 6.61 Å². The van der Waals surface area contributed by atoms with Crippen LogP contribution < -0.4 is 21.1 Å². The molecule has 2 aromatic heterocycles. The number of nitrogens with one attached hydrogen (secondary N) is 3. The molecule has 0 saturated carbocycles. The van der Waals surface area contributed by atoms with E-state index >= 15 is 0 Å². The molecule has 0 atom stereocenters. The molecule has 0 spiro atoms.